The minimum absolute atomic E-state index is 0.0825. The SMILES string of the molecule is CC(C)Oc1cccc(N(CC(=O)NCCOc2ccc(S(=O)(=O)N3CCCC3)cc2)S(C)(=O)=O)c1. The Labute approximate surface area is 213 Å². The fraction of sp³-hybridized carbons (Fsp3) is 0.458. The second kappa shape index (κ2) is 11.9. The number of anilines is 1. The molecule has 0 aliphatic carbocycles. The Morgan fingerprint density at radius 1 is 1.03 bits per heavy atom. The molecule has 36 heavy (non-hydrogen) atoms. The lowest BCUT2D eigenvalue weighted by molar-refractivity contribution is -0.119. The van der Waals surface area contributed by atoms with E-state index in [0.29, 0.717) is 30.3 Å². The summed E-state index contributed by atoms with van der Waals surface area (Å²) < 4.78 is 63.5. The van der Waals surface area contributed by atoms with Crippen LogP contribution in [0.5, 0.6) is 11.5 Å². The van der Waals surface area contributed by atoms with Crippen molar-refractivity contribution in [2.75, 3.05) is 43.3 Å². The van der Waals surface area contributed by atoms with Gasteiger partial charge in [-0.05, 0) is 63.1 Å². The van der Waals surface area contributed by atoms with E-state index in [1.54, 1.807) is 36.4 Å². The van der Waals surface area contributed by atoms with Crippen LogP contribution >= 0.6 is 0 Å². The molecule has 198 valence electrons. The van der Waals surface area contributed by atoms with Crippen LogP contribution in [0.1, 0.15) is 26.7 Å². The molecule has 2 aromatic rings. The largest absolute Gasteiger partial charge is 0.492 e. The number of hydrogen-bond acceptors (Lipinski definition) is 7. The number of ether oxygens (including phenoxy) is 2. The first-order valence-corrected chi connectivity index (χ1v) is 15.0. The van der Waals surface area contributed by atoms with Crippen LogP contribution in [-0.4, -0.2) is 72.2 Å². The van der Waals surface area contributed by atoms with Crippen molar-refractivity contribution in [1.82, 2.24) is 9.62 Å². The van der Waals surface area contributed by atoms with Crippen molar-refractivity contribution in [2.45, 2.75) is 37.7 Å². The van der Waals surface area contributed by atoms with E-state index in [-0.39, 0.29) is 24.2 Å². The molecule has 0 atom stereocenters. The van der Waals surface area contributed by atoms with E-state index in [1.165, 1.54) is 16.4 Å². The average Bonchev–Trinajstić information content (AvgIpc) is 3.36. The van der Waals surface area contributed by atoms with Crippen molar-refractivity contribution in [3.8, 4) is 11.5 Å². The molecule has 0 spiro atoms. The summed E-state index contributed by atoms with van der Waals surface area (Å²) in [7, 11) is -7.21. The number of carbonyl (C=O) groups excluding carboxylic acids is 1. The maximum Gasteiger partial charge on any atom is 0.243 e. The lowest BCUT2D eigenvalue weighted by Gasteiger charge is -2.22. The van der Waals surface area contributed by atoms with E-state index in [0.717, 1.165) is 23.4 Å². The second-order valence-electron chi connectivity index (χ2n) is 8.71. The Hall–Kier alpha value is -2.83. The number of amides is 1. The number of nitrogens with one attached hydrogen (secondary N) is 1. The summed E-state index contributed by atoms with van der Waals surface area (Å²) in [6.07, 6.45) is 2.69. The Morgan fingerprint density at radius 2 is 1.69 bits per heavy atom. The molecule has 1 heterocycles. The summed E-state index contributed by atoms with van der Waals surface area (Å²) in [6.45, 7) is 4.67. The van der Waals surface area contributed by atoms with Crippen LogP contribution in [0.25, 0.3) is 0 Å². The summed E-state index contributed by atoms with van der Waals surface area (Å²) >= 11 is 0. The van der Waals surface area contributed by atoms with E-state index in [1.807, 2.05) is 13.8 Å². The Morgan fingerprint density at radius 3 is 2.31 bits per heavy atom. The van der Waals surface area contributed by atoms with Crippen molar-refractivity contribution in [3.05, 3.63) is 48.5 Å². The van der Waals surface area contributed by atoms with E-state index < -0.39 is 32.5 Å². The first-order valence-electron chi connectivity index (χ1n) is 11.7. The number of hydrogen-bond donors (Lipinski definition) is 1. The van der Waals surface area contributed by atoms with Gasteiger partial charge in [0.05, 0.1) is 29.5 Å². The molecule has 0 aromatic heterocycles. The predicted octanol–water partition coefficient (Wildman–Crippen LogP) is 2.22. The predicted molar refractivity (Wildman–Crippen MR) is 137 cm³/mol. The van der Waals surface area contributed by atoms with Gasteiger partial charge in [-0.2, -0.15) is 4.31 Å². The zero-order valence-electron chi connectivity index (χ0n) is 20.7. The highest BCUT2D eigenvalue weighted by Gasteiger charge is 2.27. The van der Waals surface area contributed by atoms with Crippen LogP contribution in [0.4, 0.5) is 5.69 Å². The third kappa shape index (κ3) is 7.58. The molecule has 1 aliphatic rings. The number of benzene rings is 2. The molecule has 1 aliphatic heterocycles. The van der Waals surface area contributed by atoms with Crippen LogP contribution in [0, 0.1) is 0 Å². The molecular weight excluding hydrogens is 506 g/mol. The van der Waals surface area contributed by atoms with Crippen LogP contribution in [0.3, 0.4) is 0 Å². The third-order valence-corrected chi connectivity index (χ3v) is 8.44. The molecule has 0 radical (unpaired) electrons. The average molecular weight is 540 g/mol. The molecule has 0 saturated carbocycles. The van der Waals surface area contributed by atoms with E-state index in [4.69, 9.17) is 9.47 Å². The standard InChI is InChI=1S/C24H33N3O7S2/c1-19(2)34-22-8-6-7-20(17-22)27(35(3,29)30)18-24(28)25-13-16-33-21-9-11-23(12-10-21)36(31,32)26-14-4-5-15-26/h6-12,17,19H,4-5,13-16,18H2,1-3H3,(H,25,28). The molecule has 1 fully saturated rings. The molecule has 3 rings (SSSR count). The van der Waals surface area contributed by atoms with Crippen LogP contribution < -0.4 is 19.1 Å². The summed E-state index contributed by atoms with van der Waals surface area (Å²) in [5, 5.41) is 2.64. The number of sulfonamides is 2. The summed E-state index contributed by atoms with van der Waals surface area (Å²) in [6, 6.07) is 12.7. The van der Waals surface area contributed by atoms with Gasteiger partial charge < -0.3 is 14.8 Å². The number of carbonyl (C=O) groups is 1. The van der Waals surface area contributed by atoms with Crippen molar-refractivity contribution in [2.24, 2.45) is 0 Å². The van der Waals surface area contributed by atoms with Crippen LogP contribution in [0.2, 0.25) is 0 Å². The maximum absolute atomic E-state index is 12.6. The zero-order valence-corrected chi connectivity index (χ0v) is 22.3. The lowest BCUT2D eigenvalue weighted by atomic mass is 10.3. The molecular formula is C24H33N3O7S2. The van der Waals surface area contributed by atoms with Gasteiger partial charge in [-0.25, -0.2) is 16.8 Å². The highest BCUT2D eigenvalue weighted by atomic mass is 32.2. The molecule has 1 amide bonds. The van der Waals surface area contributed by atoms with E-state index in [2.05, 4.69) is 5.32 Å². The fourth-order valence-corrected chi connectivity index (χ4v) is 6.08. The monoisotopic (exact) mass is 539 g/mol. The van der Waals surface area contributed by atoms with E-state index in [9.17, 15) is 21.6 Å². The van der Waals surface area contributed by atoms with Gasteiger partial charge in [0.15, 0.2) is 0 Å². The molecule has 1 saturated heterocycles. The molecule has 12 heteroatoms. The fourth-order valence-electron chi connectivity index (χ4n) is 3.72. The Bertz CT molecular complexity index is 1240. The Balaban J connectivity index is 1.51. The molecule has 1 N–H and O–H groups in total. The normalized spacial score (nSPS) is 14.6. The number of rotatable bonds is 12. The minimum atomic E-state index is -3.72. The van der Waals surface area contributed by atoms with Gasteiger partial charge >= 0.3 is 0 Å². The lowest BCUT2D eigenvalue weighted by Crippen LogP contribution is -2.41. The van der Waals surface area contributed by atoms with Gasteiger partial charge in [-0.3, -0.25) is 9.10 Å². The van der Waals surface area contributed by atoms with Crippen molar-refractivity contribution < 1.29 is 31.1 Å². The van der Waals surface area contributed by atoms with Gasteiger partial charge in [-0.15, -0.1) is 0 Å². The Kier molecular flexibility index (Phi) is 9.20. The third-order valence-electron chi connectivity index (χ3n) is 5.38. The minimum Gasteiger partial charge on any atom is -0.492 e. The second-order valence-corrected chi connectivity index (χ2v) is 12.6. The van der Waals surface area contributed by atoms with Crippen molar-refractivity contribution in [1.29, 1.82) is 0 Å². The maximum atomic E-state index is 12.6. The summed E-state index contributed by atoms with van der Waals surface area (Å²) in [5.41, 5.74) is 0.325. The zero-order chi connectivity index (χ0) is 26.3. The van der Waals surface area contributed by atoms with Crippen LogP contribution in [0.15, 0.2) is 53.4 Å². The van der Waals surface area contributed by atoms with Gasteiger partial charge in [0, 0.05) is 19.2 Å². The molecule has 0 unspecified atom stereocenters. The van der Waals surface area contributed by atoms with Crippen LogP contribution in [-0.2, 0) is 24.8 Å². The summed E-state index contributed by atoms with van der Waals surface area (Å²) in [4.78, 5) is 12.7. The van der Waals surface area contributed by atoms with Gasteiger partial charge in [0.25, 0.3) is 0 Å². The van der Waals surface area contributed by atoms with Crippen molar-refractivity contribution >= 4 is 31.6 Å². The molecule has 0 bridgehead atoms. The van der Waals surface area contributed by atoms with Crippen molar-refractivity contribution in [3.63, 3.8) is 0 Å². The molecule has 10 nitrogen and oxygen atoms in total. The van der Waals surface area contributed by atoms with E-state index >= 15 is 0 Å². The highest BCUT2D eigenvalue weighted by molar-refractivity contribution is 7.92. The first-order chi connectivity index (χ1) is 17.0. The number of nitrogens with zero attached hydrogens (tertiary/aromatic N) is 2. The van der Waals surface area contributed by atoms with Gasteiger partial charge in [0.1, 0.15) is 24.7 Å². The van der Waals surface area contributed by atoms with Gasteiger partial charge in [0.2, 0.25) is 26.0 Å². The highest BCUT2D eigenvalue weighted by Crippen LogP contribution is 2.24. The first kappa shape index (κ1) is 27.8. The smallest absolute Gasteiger partial charge is 0.243 e. The quantitative estimate of drug-likeness (QED) is 0.411. The summed E-state index contributed by atoms with van der Waals surface area (Å²) in [5.74, 6) is 0.472. The topological polar surface area (TPSA) is 122 Å². The van der Waals surface area contributed by atoms with Gasteiger partial charge in [-0.1, -0.05) is 6.07 Å². The molecule has 2 aromatic carbocycles.